The molecule has 0 unspecified atom stereocenters. The molecule has 102 valence electrons. The fourth-order valence-electron chi connectivity index (χ4n) is 1.47. The number of carbonyl (C=O) groups excluding carboxylic acids is 2. The molecule has 0 atom stereocenters. The minimum Gasteiger partial charge on any atom is -0.435 e. The molecule has 1 rings (SSSR count). The maximum Gasteiger partial charge on any atom is 0.340 e. The molecule has 0 saturated heterocycles. The monoisotopic (exact) mass is 264 g/mol. The first-order chi connectivity index (χ1) is 9.08. The Balaban J connectivity index is 2.97. The van der Waals surface area contributed by atoms with Gasteiger partial charge in [0.25, 0.3) is 0 Å². The topological polar surface area (TPSA) is 61.8 Å². The van der Waals surface area contributed by atoms with Crippen LogP contribution in [-0.2, 0) is 20.7 Å². The third kappa shape index (κ3) is 4.56. The lowest BCUT2D eigenvalue weighted by atomic mass is 10.1. The van der Waals surface area contributed by atoms with E-state index < -0.39 is 11.9 Å². The molecular formula is C14H16O5. The summed E-state index contributed by atoms with van der Waals surface area (Å²) in [5.74, 6) is -0.503. The highest BCUT2D eigenvalue weighted by atomic mass is 16.7. The molecule has 0 saturated carbocycles. The number of hydrogen-bond donors (Lipinski definition) is 0. The highest BCUT2D eigenvalue weighted by Gasteiger charge is 2.12. The highest BCUT2D eigenvalue weighted by Crippen LogP contribution is 2.22. The molecule has 0 spiro atoms. The Kier molecular flexibility index (Phi) is 5.75. The summed E-state index contributed by atoms with van der Waals surface area (Å²) in [6, 6.07) is 4.70. The third-order valence-corrected chi connectivity index (χ3v) is 2.22. The van der Waals surface area contributed by atoms with Gasteiger partial charge in [0.15, 0.2) is 6.79 Å². The molecule has 0 radical (unpaired) electrons. The van der Waals surface area contributed by atoms with E-state index in [-0.39, 0.29) is 6.79 Å². The van der Waals surface area contributed by atoms with Gasteiger partial charge in [-0.3, -0.25) is 4.79 Å². The fourth-order valence-corrected chi connectivity index (χ4v) is 1.47. The standard InChI is InChI=1S/C14H16O5/c1-4-5-11-8-12(14(16)18-9-17-3)6-7-13(11)19-10(2)15/h4,6-8H,1,5,9H2,2-3H3. The highest BCUT2D eigenvalue weighted by molar-refractivity contribution is 5.90. The Bertz CT molecular complexity index is 479. The summed E-state index contributed by atoms with van der Waals surface area (Å²) in [4.78, 5) is 22.6. The normalized spacial score (nSPS) is 9.79. The van der Waals surface area contributed by atoms with E-state index in [2.05, 4.69) is 11.3 Å². The quantitative estimate of drug-likeness (QED) is 0.341. The van der Waals surface area contributed by atoms with Gasteiger partial charge in [-0.2, -0.15) is 0 Å². The number of esters is 2. The lowest BCUT2D eigenvalue weighted by Crippen LogP contribution is -2.09. The molecule has 0 fully saturated rings. The van der Waals surface area contributed by atoms with Crippen molar-refractivity contribution in [3.63, 3.8) is 0 Å². The second-order valence-electron chi connectivity index (χ2n) is 3.75. The lowest BCUT2D eigenvalue weighted by molar-refractivity contribution is -0.131. The van der Waals surface area contributed by atoms with E-state index >= 15 is 0 Å². The largest absolute Gasteiger partial charge is 0.435 e. The Hall–Kier alpha value is -2.14. The van der Waals surface area contributed by atoms with Gasteiger partial charge < -0.3 is 14.2 Å². The molecule has 0 N–H and O–H groups in total. The van der Waals surface area contributed by atoms with Crippen molar-refractivity contribution >= 4 is 11.9 Å². The first kappa shape index (κ1) is 14.9. The molecular weight excluding hydrogens is 248 g/mol. The van der Waals surface area contributed by atoms with Crippen molar-refractivity contribution in [1.29, 1.82) is 0 Å². The zero-order valence-electron chi connectivity index (χ0n) is 11.0. The first-order valence-corrected chi connectivity index (χ1v) is 5.66. The minimum atomic E-state index is -0.499. The van der Waals surface area contributed by atoms with Crippen LogP contribution in [-0.4, -0.2) is 25.8 Å². The van der Waals surface area contributed by atoms with Gasteiger partial charge >= 0.3 is 11.9 Å². The van der Waals surface area contributed by atoms with Crippen LogP contribution in [0.25, 0.3) is 0 Å². The number of hydrogen-bond acceptors (Lipinski definition) is 5. The summed E-state index contributed by atoms with van der Waals surface area (Å²) in [5.41, 5.74) is 1.06. The van der Waals surface area contributed by atoms with Crippen molar-refractivity contribution in [3.05, 3.63) is 42.0 Å². The predicted octanol–water partition coefficient (Wildman–Crippen LogP) is 2.10. The molecule has 0 aliphatic heterocycles. The summed E-state index contributed by atoms with van der Waals surface area (Å²) in [5, 5.41) is 0. The van der Waals surface area contributed by atoms with Gasteiger partial charge in [0.05, 0.1) is 5.56 Å². The second kappa shape index (κ2) is 7.33. The van der Waals surface area contributed by atoms with Gasteiger partial charge in [0.1, 0.15) is 5.75 Å². The fraction of sp³-hybridized carbons (Fsp3) is 0.286. The van der Waals surface area contributed by atoms with Gasteiger partial charge in [-0.25, -0.2) is 4.79 Å². The van der Waals surface area contributed by atoms with E-state index in [0.29, 0.717) is 23.3 Å². The van der Waals surface area contributed by atoms with Crippen LogP contribution in [0.4, 0.5) is 0 Å². The zero-order valence-corrected chi connectivity index (χ0v) is 11.0. The lowest BCUT2D eigenvalue weighted by Gasteiger charge is -2.09. The molecule has 0 aliphatic carbocycles. The Morgan fingerprint density at radius 3 is 2.68 bits per heavy atom. The molecule has 5 nitrogen and oxygen atoms in total. The van der Waals surface area contributed by atoms with Crippen LogP contribution in [0.5, 0.6) is 5.75 Å². The summed E-state index contributed by atoms with van der Waals surface area (Å²) < 4.78 is 14.5. The molecule has 1 aromatic carbocycles. The van der Waals surface area contributed by atoms with Crippen LogP contribution < -0.4 is 4.74 Å². The van der Waals surface area contributed by atoms with Crippen LogP contribution in [0.15, 0.2) is 30.9 Å². The van der Waals surface area contributed by atoms with Gasteiger partial charge in [0.2, 0.25) is 0 Å². The molecule has 1 aromatic rings. The number of ether oxygens (including phenoxy) is 3. The summed E-state index contributed by atoms with van der Waals surface area (Å²) in [6.07, 6.45) is 2.14. The Morgan fingerprint density at radius 2 is 2.11 bits per heavy atom. The number of carbonyl (C=O) groups is 2. The molecule has 0 aliphatic rings. The second-order valence-corrected chi connectivity index (χ2v) is 3.75. The number of rotatable bonds is 6. The van der Waals surface area contributed by atoms with Gasteiger partial charge in [-0.1, -0.05) is 6.08 Å². The minimum absolute atomic E-state index is 0.110. The Labute approximate surface area is 111 Å². The number of benzene rings is 1. The van der Waals surface area contributed by atoms with Crippen molar-refractivity contribution in [1.82, 2.24) is 0 Å². The van der Waals surface area contributed by atoms with Crippen molar-refractivity contribution in [2.45, 2.75) is 13.3 Å². The maximum atomic E-state index is 11.7. The molecule has 0 heterocycles. The molecule has 0 aromatic heterocycles. The van der Waals surface area contributed by atoms with E-state index in [4.69, 9.17) is 9.47 Å². The maximum absolute atomic E-state index is 11.7. The van der Waals surface area contributed by atoms with E-state index in [0.717, 1.165) is 0 Å². The smallest absolute Gasteiger partial charge is 0.340 e. The van der Waals surface area contributed by atoms with Crippen LogP contribution >= 0.6 is 0 Å². The van der Waals surface area contributed by atoms with Crippen LogP contribution in [0, 0.1) is 0 Å². The van der Waals surface area contributed by atoms with E-state index in [1.165, 1.54) is 20.1 Å². The molecule has 0 bridgehead atoms. The molecule has 5 heteroatoms. The van der Waals surface area contributed by atoms with Gasteiger partial charge in [0, 0.05) is 14.0 Å². The summed E-state index contributed by atoms with van der Waals surface area (Å²) in [7, 11) is 1.43. The van der Waals surface area contributed by atoms with Crippen LogP contribution in [0.3, 0.4) is 0 Å². The molecule has 19 heavy (non-hydrogen) atoms. The zero-order chi connectivity index (χ0) is 14.3. The van der Waals surface area contributed by atoms with E-state index in [9.17, 15) is 9.59 Å². The van der Waals surface area contributed by atoms with Crippen LogP contribution in [0.1, 0.15) is 22.8 Å². The van der Waals surface area contributed by atoms with Crippen LogP contribution in [0.2, 0.25) is 0 Å². The Morgan fingerprint density at radius 1 is 1.37 bits per heavy atom. The summed E-state index contributed by atoms with van der Waals surface area (Å²) >= 11 is 0. The predicted molar refractivity (Wildman–Crippen MR) is 68.9 cm³/mol. The van der Waals surface area contributed by atoms with Crippen molar-refractivity contribution in [2.75, 3.05) is 13.9 Å². The molecule has 0 amide bonds. The average molecular weight is 264 g/mol. The average Bonchev–Trinajstić information content (AvgIpc) is 2.37. The summed E-state index contributed by atoms with van der Waals surface area (Å²) in [6.45, 7) is 4.83. The SMILES string of the molecule is C=CCc1cc(C(=O)OCOC)ccc1OC(C)=O. The van der Waals surface area contributed by atoms with Crippen molar-refractivity contribution in [2.24, 2.45) is 0 Å². The first-order valence-electron chi connectivity index (χ1n) is 5.66. The van der Waals surface area contributed by atoms with Crippen molar-refractivity contribution < 1.29 is 23.8 Å². The van der Waals surface area contributed by atoms with Gasteiger partial charge in [-0.05, 0) is 30.2 Å². The number of methoxy groups -OCH3 is 1. The number of allylic oxidation sites excluding steroid dienone is 1. The van der Waals surface area contributed by atoms with E-state index in [1.807, 2.05) is 0 Å². The van der Waals surface area contributed by atoms with E-state index in [1.54, 1.807) is 18.2 Å². The van der Waals surface area contributed by atoms with Gasteiger partial charge in [-0.15, -0.1) is 6.58 Å². The van der Waals surface area contributed by atoms with Crippen molar-refractivity contribution in [3.8, 4) is 5.75 Å². The third-order valence-electron chi connectivity index (χ3n) is 2.22.